The number of hydrogen-bond acceptors (Lipinski definition) is 3. The van der Waals surface area contributed by atoms with Crippen molar-refractivity contribution in [1.82, 2.24) is 14.6 Å². The van der Waals surface area contributed by atoms with E-state index in [0.29, 0.717) is 0 Å². The van der Waals surface area contributed by atoms with Gasteiger partial charge in [-0.3, -0.25) is 0 Å². The molecule has 2 heterocycles. The highest BCUT2D eigenvalue weighted by Gasteiger charge is 2.02. The Hall–Kier alpha value is -1.03. The molecule has 0 unspecified atom stereocenters. The Morgan fingerprint density at radius 3 is 3.00 bits per heavy atom. The Bertz CT molecular complexity index is 422. The van der Waals surface area contributed by atoms with Gasteiger partial charge in [0.25, 0.3) is 0 Å². The lowest BCUT2D eigenvalue weighted by Gasteiger charge is -1.93. The summed E-state index contributed by atoms with van der Waals surface area (Å²) in [4.78, 5) is 4.37. The Kier molecular flexibility index (Phi) is 2.22. The zero-order valence-corrected chi connectivity index (χ0v) is 8.33. The SMILES string of the molecule is Cc1cccc2nc(CCS)nn12. The van der Waals surface area contributed by atoms with Crippen LogP contribution in [0.5, 0.6) is 0 Å². The van der Waals surface area contributed by atoms with Gasteiger partial charge >= 0.3 is 0 Å². The lowest BCUT2D eigenvalue weighted by atomic mass is 10.4. The van der Waals surface area contributed by atoms with Crippen molar-refractivity contribution in [3.05, 3.63) is 29.7 Å². The highest BCUT2D eigenvalue weighted by molar-refractivity contribution is 7.80. The molecule has 0 saturated heterocycles. The van der Waals surface area contributed by atoms with Crippen LogP contribution < -0.4 is 0 Å². The number of thiol groups is 1. The minimum Gasteiger partial charge on any atom is -0.218 e. The molecule has 0 N–H and O–H groups in total. The largest absolute Gasteiger partial charge is 0.218 e. The van der Waals surface area contributed by atoms with Crippen LogP contribution in [0.3, 0.4) is 0 Å². The molecular weight excluding hydrogens is 182 g/mol. The van der Waals surface area contributed by atoms with Crippen LogP contribution in [0.4, 0.5) is 0 Å². The Morgan fingerprint density at radius 1 is 1.46 bits per heavy atom. The van der Waals surface area contributed by atoms with Gasteiger partial charge in [0.2, 0.25) is 0 Å². The first kappa shape index (κ1) is 8.56. The number of fused-ring (bicyclic) bond motifs is 1. The average molecular weight is 193 g/mol. The zero-order valence-electron chi connectivity index (χ0n) is 7.44. The topological polar surface area (TPSA) is 30.2 Å². The van der Waals surface area contributed by atoms with E-state index in [1.165, 1.54) is 0 Å². The second kappa shape index (κ2) is 3.38. The monoisotopic (exact) mass is 193 g/mol. The maximum atomic E-state index is 4.37. The molecule has 0 amide bonds. The van der Waals surface area contributed by atoms with Gasteiger partial charge in [0.1, 0.15) is 0 Å². The maximum Gasteiger partial charge on any atom is 0.155 e. The molecule has 0 spiro atoms. The van der Waals surface area contributed by atoms with E-state index in [4.69, 9.17) is 0 Å². The fourth-order valence-electron chi connectivity index (χ4n) is 1.29. The summed E-state index contributed by atoms with van der Waals surface area (Å²) in [6, 6.07) is 5.97. The minimum atomic E-state index is 0.788. The molecule has 0 aromatic carbocycles. The summed E-state index contributed by atoms with van der Waals surface area (Å²) in [5, 5.41) is 4.36. The molecule has 13 heavy (non-hydrogen) atoms. The fraction of sp³-hybridized carbons (Fsp3) is 0.333. The predicted octanol–water partition coefficient (Wildman–Crippen LogP) is 1.51. The van der Waals surface area contributed by atoms with Crippen molar-refractivity contribution >= 4 is 18.3 Å². The number of hydrogen-bond donors (Lipinski definition) is 1. The van der Waals surface area contributed by atoms with Crippen LogP contribution in [0.1, 0.15) is 11.5 Å². The summed E-state index contributed by atoms with van der Waals surface area (Å²) in [6.07, 6.45) is 0.824. The summed E-state index contributed by atoms with van der Waals surface area (Å²) >= 11 is 4.15. The molecule has 2 aromatic rings. The smallest absolute Gasteiger partial charge is 0.155 e. The molecule has 4 heteroatoms. The van der Waals surface area contributed by atoms with Crippen LogP contribution in [-0.4, -0.2) is 20.4 Å². The van der Waals surface area contributed by atoms with Gasteiger partial charge in [0.05, 0.1) is 0 Å². The molecule has 0 radical (unpaired) electrons. The third-order valence-corrected chi connectivity index (χ3v) is 2.15. The first-order valence-electron chi connectivity index (χ1n) is 4.23. The Labute approximate surface area is 82.2 Å². The number of aromatic nitrogens is 3. The predicted molar refractivity (Wildman–Crippen MR) is 55.3 cm³/mol. The molecule has 0 aliphatic rings. The van der Waals surface area contributed by atoms with Gasteiger partial charge < -0.3 is 0 Å². The van der Waals surface area contributed by atoms with Crippen molar-refractivity contribution in [3.63, 3.8) is 0 Å². The third kappa shape index (κ3) is 1.54. The molecule has 3 nitrogen and oxygen atoms in total. The summed E-state index contributed by atoms with van der Waals surface area (Å²) < 4.78 is 1.86. The van der Waals surface area contributed by atoms with Gasteiger partial charge in [0, 0.05) is 12.1 Å². The van der Waals surface area contributed by atoms with E-state index >= 15 is 0 Å². The van der Waals surface area contributed by atoms with Crippen molar-refractivity contribution in [3.8, 4) is 0 Å². The number of pyridine rings is 1. The molecule has 0 fully saturated rings. The van der Waals surface area contributed by atoms with Crippen molar-refractivity contribution in [2.24, 2.45) is 0 Å². The summed E-state index contributed by atoms with van der Waals surface area (Å²) in [6.45, 7) is 2.02. The molecule has 0 aliphatic heterocycles. The number of rotatable bonds is 2. The van der Waals surface area contributed by atoms with Gasteiger partial charge in [-0.15, -0.1) is 0 Å². The third-order valence-electron chi connectivity index (χ3n) is 1.93. The van der Waals surface area contributed by atoms with Crippen LogP contribution in [0, 0.1) is 6.92 Å². The van der Waals surface area contributed by atoms with Gasteiger partial charge in [-0.2, -0.15) is 17.7 Å². The quantitative estimate of drug-likeness (QED) is 0.733. The number of aryl methyl sites for hydroxylation is 2. The van der Waals surface area contributed by atoms with Crippen LogP contribution in [0.25, 0.3) is 5.65 Å². The minimum absolute atomic E-state index is 0.788. The summed E-state index contributed by atoms with van der Waals surface area (Å²) in [7, 11) is 0. The van der Waals surface area contributed by atoms with Crippen molar-refractivity contribution < 1.29 is 0 Å². The standard InChI is InChI=1S/C9H11N3S/c1-7-3-2-4-9-10-8(5-6-13)11-12(7)9/h2-4,13H,5-6H2,1H3. The molecule has 2 aromatic heterocycles. The second-order valence-corrected chi connectivity index (χ2v) is 3.39. The van der Waals surface area contributed by atoms with E-state index in [0.717, 1.165) is 29.3 Å². The molecule has 0 saturated carbocycles. The normalized spacial score (nSPS) is 10.9. The zero-order chi connectivity index (χ0) is 9.26. The molecule has 0 aliphatic carbocycles. The van der Waals surface area contributed by atoms with Crippen LogP contribution in [0.15, 0.2) is 18.2 Å². The molecule has 0 atom stereocenters. The van der Waals surface area contributed by atoms with E-state index in [1.54, 1.807) is 0 Å². The van der Waals surface area contributed by atoms with Crippen LogP contribution in [0.2, 0.25) is 0 Å². The maximum absolute atomic E-state index is 4.37. The van der Waals surface area contributed by atoms with Crippen molar-refractivity contribution in [1.29, 1.82) is 0 Å². The van der Waals surface area contributed by atoms with Gasteiger partial charge in [-0.05, 0) is 24.8 Å². The van der Waals surface area contributed by atoms with Gasteiger partial charge in [-0.1, -0.05) is 6.07 Å². The van der Waals surface area contributed by atoms with Gasteiger partial charge in [-0.25, -0.2) is 9.50 Å². The Balaban J connectivity index is 2.55. The average Bonchev–Trinajstić information content (AvgIpc) is 2.49. The summed E-state index contributed by atoms with van der Waals surface area (Å²) in [5.74, 6) is 1.65. The molecule has 68 valence electrons. The molecular formula is C9H11N3S. The molecule has 2 rings (SSSR count). The van der Waals surface area contributed by atoms with E-state index in [9.17, 15) is 0 Å². The lowest BCUT2D eigenvalue weighted by Crippen LogP contribution is -1.93. The van der Waals surface area contributed by atoms with Crippen molar-refractivity contribution in [2.75, 3.05) is 5.75 Å². The van der Waals surface area contributed by atoms with E-state index in [-0.39, 0.29) is 0 Å². The highest BCUT2D eigenvalue weighted by atomic mass is 32.1. The van der Waals surface area contributed by atoms with E-state index in [2.05, 4.69) is 22.7 Å². The number of nitrogens with zero attached hydrogens (tertiary/aromatic N) is 3. The first-order chi connectivity index (χ1) is 6.31. The van der Waals surface area contributed by atoms with E-state index in [1.807, 2.05) is 29.6 Å². The highest BCUT2D eigenvalue weighted by Crippen LogP contribution is 2.05. The summed E-state index contributed by atoms with van der Waals surface area (Å²) in [5.41, 5.74) is 2.02. The van der Waals surface area contributed by atoms with Crippen LogP contribution in [-0.2, 0) is 6.42 Å². The Morgan fingerprint density at radius 2 is 2.31 bits per heavy atom. The first-order valence-corrected chi connectivity index (χ1v) is 4.86. The fourth-order valence-corrected chi connectivity index (χ4v) is 1.49. The second-order valence-electron chi connectivity index (χ2n) is 2.94. The molecule has 0 bridgehead atoms. The lowest BCUT2D eigenvalue weighted by molar-refractivity contribution is 0.864. The van der Waals surface area contributed by atoms with E-state index < -0.39 is 0 Å². The van der Waals surface area contributed by atoms with Crippen molar-refractivity contribution in [2.45, 2.75) is 13.3 Å². The van der Waals surface area contributed by atoms with Gasteiger partial charge in [0.15, 0.2) is 11.5 Å². The van der Waals surface area contributed by atoms with Crippen LogP contribution >= 0.6 is 12.6 Å².